The summed E-state index contributed by atoms with van der Waals surface area (Å²) in [5.41, 5.74) is 1.78. The number of halogens is 1. The lowest BCUT2D eigenvalue weighted by atomic mass is 10.1. The number of benzene rings is 1. The molecule has 30 heavy (non-hydrogen) atoms. The van der Waals surface area contributed by atoms with Crippen molar-refractivity contribution < 1.29 is 14.3 Å². The van der Waals surface area contributed by atoms with Crippen LogP contribution in [0.2, 0.25) is 0 Å². The topological polar surface area (TPSA) is 86.3 Å². The Bertz CT molecular complexity index is 718. The molecule has 0 aromatic heterocycles. The highest BCUT2D eigenvalue weighted by molar-refractivity contribution is 14.0. The Morgan fingerprint density at radius 3 is 2.57 bits per heavy atom. The van der Waals surface area contributed by atoms with Crippen LogP contribution in [0, 0.1) is 0 Å². The summed E-state index contributed by atoms with van der Waals surface area (Å²) >= 11 is 0. The molecule has 0 aliphatic carbocycles. The average Bonchev–Trinajstić information content (AvgIpc) is 2.73. The number of carbonyl (C=O) groups excluding carboxylic acids is 2. The lowest BCUT2D eigenvalue weighted by molar-refractivity contribution is 0.0827. The molecule has 0 spiro atoms. The lowest BCUT2D eigenvalue weighted by Gasteiger charge is -2.32. The van der Waals surface area contributed by atoms with E-state index >= 15 is 0 Å². The predicted octanol–water partition coefficient (Wildman–Crippen LogP) is 2.33. The molecule has 9 heteroatoms. The maximum absolute atomic E-state index is 12.1. The Hall–Kier alpha value is -2.04. The Kier molecular flexibility index (Phi) is 11.5. The number of nitrogens with zero attached hydrogens (tertiary/aromatic N) is 3. The Morgan fingerprint density at radius 1 is 1.27 bits per heavy atom. The van der Waals surface area contributed by atoms with Crippen LogP contribution in [0.3, 0.4) is 0 Å². The van der Waals surface area contributed by atoms with Gasteiger partial charge in [-0.1, -0.05) is 12.1 Å². The minimum Gasteiger partial charge on any atom is -0.453 e. The molecule has 0 atom stereocenters. The van der Waals surface area contributed by atoms with Crippen LogP contribution in [0.25, 0.3) is 0 Å². The van der Waals surface area contributed by atoms with E-state index in [0.717, 1.165) is 37.3 Å². The van der Waals surface area contributed by atoms with Crippen LogP contribution in [0.4, 0.5) is 4.79 Å². The van der Waals surface area contributed by atoms with Gasteiger partial charge in [0.2, 0.25) is 0 Å². The first-order valence-electron chi connectivity index (χ1n) is 10.1. The molecule has 1 fully saturated rings. The smallest absolute Gasteiger partial charge is 0.409 e. The van der Waals surface area contributed by atoms with Crippen molar-refractivity contribution in [2.75, 3.05) is 47.4 Å². The van der Waals surface area contributed by atoms with Crippen molar-refractivity contribution in [2.24, 2.45) is 4.99 Å². The van der Waals surface area contributed by atoms with E-state index < -0.39 is 0 Å². The van der Waals surface area contributed by atoms with Crippen LogP contribution in [-0.2, 0) is 11.2 Å². The monoisotopic (exact) mass is 531 g/mol. The van der Waals surface area contributed by atoms with Crippen molar-refractivity contribution in [1.82, 2.24) is 20.4 Å². The zero-order chi connectivity index (χ0) is 21.2. The molecule has 1 heterocycles. The largest absolute Gasteiger partial charge is 0.453 e. The molecular weight excluding hydrogens is 497 g/mol. The van der Waals surface area contributed by atoms with E-state index in [0.29, 0.717) is 25.2 Å². The normalized spacial score (nSPS) is 14.5. The fourth-order valence-corrected chi connectivity index (χ4v) is 3.26. The van der Waals surface area contributed by atoms with Gasteiger partial charge in [0.15, 0.2) is 5.96 Å². The highest BCUT2D eigenvalue weighted by Crippen LogP contribution is 2.11. The van der Waals surface area contributed by atoms with Crippen LogP contribution in [0.5, 0.6) is 0 Å². The first-order chi connectivity index (χ1) is 13.9. The maximum atomic E-state index is 12.1. The first kappa shape index (κ1) is 26.0. The lowest BCUT2D eigenvalue weighted by Crippen LogP contribution is -2.49. The highest BCUT2D eigenvalue weighted by atomic mass is 127. The van der Waals surface area contributed by atoms with Gasteiger partial charge >= 0.3 is 6.09 Å². The molecular formula is C21H34IN5O3. The van der Waals surface area contributed by atoms with Gasteiger partial charge in [0.1, 0.15) is 0 Å². The third kappa shape index (κ3) is 8.00. The van der Waals surface area contributed by atoms with E-state index in [9.17, 15) is 9.59 Å². The summed E-state index contributed by atoms with van der Waals surface area (Å²) in [5.74, 6) is 0.785. The average molecular weight is 531 g/mol. The number of aliphatic imine (C=N–C) groups is 1. The van der Waals surface area contributed by atoms with E-state index in [-0.39, 0.29) is 42.0 Å². The summed E-state index contributed by atoms with van der Waals surface area (Å²) in [4.78, 5) is 31.7. The van der Waals surface area contributed by atoms with Crippen molar-refractivity contribution in [3.05, 3.63) is 35.4 Å². The molecule has 2 N–H and O–H groups in total. The van der Waals surface area contributed by atoms with E-state index in [4.69, 9.17) is 4.74 Å². The Labute approximate surface area is 196 Å². The molecule has 2 amide bonds. The van der Waals surface area contributed by atoms with Gasteiger partial charge in [-0.15, -0.1) is 24.0 Å². The minimum absolute atomic E-state index is 0. The molecule has 0 radical (unpaired) electrons. The van der Waals surface area contributed by atoms with E-state index in [1.165, 1.54) is 7.11 Å². The molecule has 1 aliphatic rings. The highest BCUT2D eigenvalue weighted by Gasteiger charge is 2.23. The van der Waals surface area contributed by atoms with Crippen LogP contribution in [-0.4, -0.2) is 81.2 Å². The van der Waals surface area contributed by atoms with Gasteiger partial charge in [0.05, 0.1) is 7.11 Å². The summed E-state index contributed by atoms with van der Waals surface area (Å²) in [6.07, 6.45) is 2.20. The van der Waals surface area contributed by atoms with Crippen molar-refractivity contribution in [1.29, 1.82) is 0 Å². The standard InChI is InChI=1S/C21H33N5O3.HI/c1-5-22-20(24-18-10-13-26(14-11-18)21(28)29-4)23-12-9-16-7-6-8-17(15-16)19(27)25(2)3;/h6-8,15,18H,5,9-14H2,1-4H3,(H2,22,23,24);1H. The van der Waals surface area contributed by atoms with Gasteiger partial charge in [-0.25, -0.2) is 4.79 Å². The third-order valence-electron chi connectivity index (χ3n) is 4.86. The van der Waals surface area contributed by atoms with Crippen molar-refractivity contribution in [3.8, 4) is 0 Å². The summed E-state index contributed by atoms with van der Waals surface area (Å²) in [7, 11) is 4.92. The number of hydrogen-bond acceptors (Lipinski definition) is 4. The van der Waals surface area contributed by atoms with Gasteiger partial charge < -0.3 is 25.2 Å². The summed E-state index contributed by atoms with van der Waals surface area (Å²) in [5, 5.41) is 6.74. The molecule has 1 aliphatic heterocycles. The molecule has 0 saturated carbocycles. The number of piperidine rings is 1. The predicted molar refractivity (Wildman–Crippen MR) is 130 cm³/mol. The number of methoxy groups -OCH3 is 1. The summed E-state index contributed by atoms with van der Waals surface area (Å²) in [6.45, 7) is 4.79. The summed E-state index contributed by atoms with van der Waals surface area (Å²) < 4.78 is 4.78. The van der Waals surface area contributed by atoms with Gasteiger partial charge in [0, 0.05) is 51.9 Å². The molecule has 1 aromatic carbocycles. The number of amides is 2. The number of hydrogen-bond donors (Lipinski definition) is 2. The second kappa shape index (κ2) is 13.3. The van der Waals surface area contributed by atoms with Crippen molar-refractivity contribution in [3.63, 3.8) is 0 Å². The fraction of sp³-hybridized carbons (Fsp3) is 0.571. The Morgan fingerprint density at radius 2 is 1.97 bits per heavy atom. The van der Waals surface area contributed by atoms with E-state index in [1.54, 1.807) is 23.9 Å². The minimum atomic E-state index is -0.265. The summed E-state index contributed by atoms with van der Waals surface area (Å²) in [6, 6.07) is 7.97. The molecule has 168 valence electrons. The van der Waals surface area contributed by atoms with Gasteiger partial charge in [0.25, 0.3) is 5.91 Å². The van der Waals surface area contributed by atoms with Crippen LogP contribution in [0.15, 0.2) is 29.3 Å². The Balaban J connectivity index is 0.00000450. The number of likely N-dealkylation sites (tertiary alicyclic amines) is 1. The number of rotatable bonds is 6. The van der Waals surface area contributed by atoms with E-state index in [2.05, 4.69) is 15.6 Å². The fourth-order valence-electron chi connectivity index (χ4n) is 3.26. The number of carbonyl (C=O) groups is 2. The van der Waals surface area contributed by atoms with Gasteiger partial charge in [-0.05, 0) is 43.9 Å². The maximum Gasteiger partial charge on any atom is 0.409 e. The van der Waals surface area contributed by atoms with Gasteiger partial charge in [-0.2, -0.15) is 0 Å². The molecule has 2 rings (SSSR count). The molecule has 0 unspecified atom stereocenters. The zero-order valence-electron chi connectivity index (χ0n) is 18.3. The first-order valence-corrected chi connectivity index (χ1v) is 10.1. The molecule has 1 aromatic rings. The molecule has 8 nitrogen and oxygen atoms in total. The number of nitrogens with one attached hydrogen (secondary N) is 2. The van der Waals surface area contributed by atoms with Gasteiger partial charge in [-0.3, -0.25) is 9.79 Å². The van der Waals surface area contributed by atoms with Crippen LogP contribution in [0.1, 0.15) is 35.7 Å². The SMILES string of the molecule is CCNC(=NCCc1cccc(C(=O)N(C)C)c1)NC1CCN(C(=O)OC)CC1.I. The second-order valence-corrected chi connectivity index (χ2v) is 7.29. The molecule has 1 saturated heterocycles. The number of ether oxygens (including phenoxy) is 1. The quantitative estimate of drug-likeness (QED) is 0.335. The van der Waals surface area contributed by atoms with Crippen LogP contribution >= 0.6 is 24.0 Å². The van der Waals surface area contributed by atoms with E-state index in [1.807, 2.05) is 31.2 Å². The second-order valence-electron chi connectivity index (χ2n) is 7.29. The molecule has 0 bridgehead atoms. The zero-order valence-corrected chi connectivity index (χ0v) is 20.6. The third-order valence-corrected chi connectivity index (χ3v) is 4.86. The van der Waals surface area contributed by atoms with Crippen LogP contribution < -0.4 is 10.6 Å². The van der Waals surface area contributed by atoms with Crippen molar-refractivity contribution >= 4 is 41.9 Å². The number of guanidine groups is 1. The van der Waals surface area contributed by atoms with Crippen molar-refractivity contribution in [2.45, 2.75) is 32.2 Å².